The molecule has 1 amide bonds. The Morgan fingerprint density at radius 1 is 1.17 bits per heavy atom. The van der Waals surface area contributed by atoms with Crippen molar-refractivity contribution >= 4 is 5.91 Å². The molecule has 124 valence electrons. The average molecular weight is 323 g/mol. The molecule has 0 aliphatic carbocycles. The molecule has 0 fully saturated rings. The summed E-state index contributed by atoms with van der Waals surface area (Å²) in [7, 11) is 1.86. The van der Waals surface area contributed by atoms with Crippen molar-refractivity contribution in [3.05, 3.63) is 65.7 Å². The number of aryl methyl sites for hydroxylation is 1. The number of nitrogens with one attached hydrogen (secondary N) is 1. The molecule has 0 spiro atoms. The van der Waals surface area contributed by atoms with Gasteiger partial charge in [0.05, 0.1) is 35.4 Å². The van der Waals surface area contributed by atoms with Crippen LogP contribution in [0.1, 0.15) is 35.1 Å². The molecule has 0 saturated heterocycles. The number of rotatable bonds is 6. The lowest BCUT2D eigenvalue weighted by Gasteiger charge is -2.09. The first-order valence-corrected chi connectivity index (χ1v) is 8.08. The van der Waals surface area contributed by atoms with Crippen LogP contribution in [0.15, 0.2) is 48.8 Å². The molecule has 0 saturated carbocycles. The van der Waals surface area contributed by atoms with E-state index in [0.29, 0.717) is 12.1 Å². The van der Waals surface area contributed by atoms with Crippen LogP contribution in [0, 0.1) is 0 Å². The lowest BCUT2D eigenvalue weighted by Crippen LogP contribution is -2.25. The van der Waals surface area contributed by atoms with Gasteiger partial charge < -0.3 is 5.32 Å². The van der Waals surface area contributed by atoms with Crippen molar-refractivity contribution in [2.24, 2.45) is 7.05 Å². The fourth-order valence-electron chi connectivity index (χ4n) is 2.67. The van der Waals surface area contributed by atoms with E-state index in [1.54, 1.807) is 17.1 Å². The molecule has 3 aromatic rings. The Morgan fingerprint density at radius 3 is 2.62 bits per heavy atom. The number of benzene rings is 1. The summed E-state index contributed by atoms with van der Waals surface area (Å²) < 4.78 is 3.60. The van der Waals surface area contributed by atoms with Gasteiger partial charge in [0.2, 0.25) is 0 Å². The first kappa shape index (κ1) is 16.0. The van der Waals surface area contributed by atoms with E-state index in [2.05, 4.69) is 22.4 Å². The van der Waals surface area contributed by atoms with Gasteiger partial charge in [0, 0.05) is 13.2 Å². The zero-order chi connectivity index (χ0) is 16.9. The number of amides is 1. The third-order valence-corrected chi connectivity index (χ3v) is 3.95. The molecule has 0 bridgehead atoms. The lowest BCUT2D eigenvalue weighted by atomic mass is 10.1. The van der Waals surface area contributed by atoms with Crippen LogP contribution >= 0.6 is 0 Å². The fourth-order valence-corrected chi connectivity index (χ4v) is 2.67. The van der Waals surface area contributed by atoms with Crippen LogP contribution in [-0.2, 0) is 20.0 Å². The molecule has 6 nitrogen and oxygen atoms in total. The van der Waals surface area contributed by atoms with E-state index >= 15 is 0 Å². The van der Waals surface area contributed by atoms with Crippen molar-refractivity contribution < 1.29 is 4.79 Å². The molecule has 1 aromatic carbocycles. The number of hydrogen-bond donors (Lipinski definition) is 1. The van der Waals surface area contributed by atoms with Gasteiger partial charge in [-0.3, -0.25) is 9.48 Å². The van der Waals surface area contributed by atoms with Crippen LogP contribution in [0.2, 0.25) is 0 Å². The van der Waals surface area contributed by atoms with E-state index in [1.807, 2.05) is 48.1 Å². The first-order valence-electron chi connectivity index (χ1n) is 8.08. The summed E-state index contributed by atoms with van der Waals surface area (Å²) in [6.45, 7) is 2.54. The zero-order valence-electron chi connectivity index (χ0n) is 13.9. The number of aromatic nitrogens is 4. The van der Waals surface area contributed by atoms with Crippen molar-refractivity contribution in [3.8, 4) is 5.69 Å². The van der Waals surface area contributed by atoms with E-state index in [4.69, 9.17) is 0 Å². The summed E-state index contributed by atoms with van der Waals surface area (Å²) >= 11 is 0. The molecule has 2 heterocycles. The molecule has 0 radical (unpaired) electrons. The molecule has 1 N–H and O–H groups in total. The molecule has 0 aliphatic heterocycles. The highest BCUT2D eigenvalue weighted by Crippen LogP contribution is 2.17. The van der Waals surface area contributed by atoms with Crippen molar-refractivity contribution in [2.75, 3.05) is 0 Å². The third kappa shape index (κ3) is 3.22. The smallest absolute Gasteiger partial charge is 0.255 e. The van der Waals surface area contributed by atoms with Crippen LogP contribution in [-0.4, -0.2) is 25.5 Å². The van der Waals surface area contributed by atoms with Crippen LogP contribution in [0.3, 0.4) is 0 Å². The van der Waals surface area contributed by atoms with E-state index in [-0.39, 0.29) is 5.91 Å². The minimum atomic E-state index is -0.109. The maximum atomic E-state index is 12.6. The van der Waals surface area contributed by atoms with Crippen LogP contribution < -0.4 is 5.32 Å². The quantitative estimate of drug-likeness (QED) is 0.758. The summed E-state index contributed by atoms with van der Waals surface area (Å²) in [5.41, 5.74) is 3.48. The Bertz CT molecular complexity index is 819. The van der Waals surface area contributed by atoms with E-state index in [0.717, 1.165) is 29.9 Å². The molecular formula is C18H21N5O. The molecule has 0 aliphatic rings. The predicted octanol–water partition coefficient (Wildman–Crippen LogP) is 2.49. The van der Waals surface area contributed by atoms with E-state index in [9.17, 15) is 4.79 Å². The van der Waals surface area contributed by atoms with Gasteiger partial charge in [0.15, 0.2) is 0 Å². The summed E-state index contributed by atoms with van der Waals surface area (Å²) in [6, 6.07) is 11.8. The molecular weight excluding hydrogens is 302 g/mol. The van der Waals surface area contributed by atoms with Gasteiger partial charge >= 0.3 is 0 Å². The highest BCUT2D eigenvalue weighted by Gasteiger charge is 2.17. The van der Waals surface area contributed by atoms with Crippen LogP contribution in [0.4, 0.5) is 0 Å². The van der Waals surface area contributed by atoms with Gasteiger partial charge in [-0.15, -0.1) is 0 Å². The SMILES string of the molecule is CCCc1c(C(=O)NCc2ccnn2C)cnn1-c1ccccc1. The maximum absolute atomic E-state index is 12.6. The topological polar surface area (TPSA) is 64.7 Å². The molecule has 3 rings (SSSR count). The highest BCUT2D eigenvalue weighted by atomic mass is 16.1. The van der Waals surface area contributed by atoms with Gasteiger partial charge in [0.25, 0.3) is 5.91 Å². The second kappa shape index (κ2) is 7.12. The molecule has 0 unspecified atom stereocenters. The number of carbonyl (C=O) groups excluding carboxylic acids is 1. The van der Waals surface area contributed by atoms with E-state index in [1.165, 1.54) is 0 Å². The second-order valence-corrected chi connectivity index (χ2v) is 5.63. The Morgan fingerprint density at radius 2 is 1.96 bits per heavy atom. The number of hydrogen-bond acceptors (Lipinski definition) is 3. The van der Waals surface area contributed by atoms with Crippen molar-refractivity contribution in [3.63, 3.8) is 0 Å². The Labute approximate surface area is 141 Å². The van der Waals surface area contributed by atoms with Gasteiger partial charge in [-0.05, 0) is 24.6 Å². The monoisotopic (exact) mass is 323 g/mol. The zero-order valence-corrected chi connectivity index (χ0v) is 13.9. The molecule has 0 atom stereocenters. The van der Waals surface area contributed by atoms with Gasteiger partial charge in [-0.1, -0.05) is 31.5 Å². The number of carbonyl (C=O) groups is 1. The third-order valence-electron chi connectivity index (χ3n) is 3.95. The van der Waals surface area contributed by atoms with E-state index < -0.39 is 0 Å². The minimum absolute atomic E-state index is 0.109. The summed E-state index contributed by atoms with van der Waals surface area (Å²) in [6.07, 6.45) is 5.11. The normalized spacial score (nSPS) is 10.8. The van der Waals surface area contributed by atoms with Crippen molar-refractivity contribution in [2.45, 2.75) is 26.3 Å². The van der Waals surface area contributed by atoms with Crippen LogP contribution in [0.25, 0.3) is 5.69 Å². The standard InChI is InChI=1S/C18H21N5O/c1-3-7-17-16(13-21-23(17)14-8-5-4-6-9-14)18(24)19-12-15-10-11-20-22(15)2/h4-6,8-11,13H,3,7,12H2,1-2H3,(H,19,24). The second-order valence-electron chi connectivity index (χ2n) is 5.63. The fraction of sp³-hybridized carbons (Fsp3) is 0.278. The largest absolute Gasteiger partial charge is 0.346 e. The van der Waals surface area contributed by atoms with Gasteiger partial charge in [-0.25, -0.2) is 4.68 Å². The summed E-state index contributed by atoms with van der Waals surface area (Å²) in [5.74, 6) is -0.109. The Kier molecular flexibility index (Phi) is 4.74. The van der Waals surface area contributed by atoms with Crippen molar-refractivity contribution in [1.29, 1.82) is 0 Å². The molecule has 2 aromatic heterocycles. The average Bonchev–Trinajstić information content (AvgIpc) is 3.20. The predicted molar refractivity (Wildman–Crippen MR) is 91.9 cm³/mol. The van der Waals surface area contributed by atoms with Gasteiger partial charge in [-0.2, -0.15) is 10.2 Å². The number of para-hydroxylation sites is 1. The number of nitrogens with zero attached hydrogens (tertiary/aromatic N) is 4. The Balaban J connectivity index is 1.83. The lowest BCUT2D eigenvalue weighted by molar-refractivity contribution is 0.0949. The Hall–Kier alpha value is -2.89. The van der Waals surface area contributed by atoms with Crippen molar-refractivity contribution in [1.82, 2.24) is 24.9 Å². The molecule has 6 heteroatoms. The van der Waals surface area contributed by atoms with Crippen LogP contribution in [0.5, 0.6) is 0 Å². The first-order chi connectivity index (χ1) is 11.7. The van der Waals surface area contributed by atoms with Gasteiger partial charge in [0.1, 0.15) is 0 Å². The highest BCUT2D eigenvalue weighted by molar-refractivity contribution is 5.95. The maximum Gasteiger partial charge on any atom is 0.255 e. The molecule has 24 heavy (non-hydrogen) atoms. The summed E-state index contributed by atoms with van der Waals surface area (Å²) in [5, 5.41) is 11.5. The summed E-state index contributed by atoms with van der Waals surface area (Å²) in [4.78, 5) is 12.6. The minimum Gasteiger partial charge on any atom is -0.346 e.